The smallest absolute Gasteiger partial charge is 0.191 e. The fourth-order valence-corrected chi connectivity index (χ4v) is 3.72. The first-order chi connectivity index (χ1) is 9.69. The van der Waals surface area contributed by atoms with Gasteiger partial charge in [0.1, 0.15) is 0 Å². The van der Waals surface area contributed by atoms with Gasteiger partial charge < -0.3 is 15.5 Å². The second-order valence-corrected chi connectivity index (χ2v) is 6.64. The molecule has 2 N–H and O–H groups in total. The second kappa shape index (κ2) is 7.30. The van der Waals surface area contributed by atoms with Gasteiger partial charge in [0, 0.05) is 26.2 Å². The van der Waals surface area contributed by atoms with Crippen molar-refractivity contribution < 1.29 is 0 Å². The molecule has 1 atom stereocenters. The molecular weight excluding hydrogens is 248 g/mol. The van der Waals surface area contributed by atoms with E-state index in [9.17, 15) is 0 Å². The molecule has 4 heteroatoms. The Morgan fingerprint density at radius 3 is 2.55 bits per heavy atom. The first kappa shape index (κ1) is 15.6. The van der Waals surface area contributed by atoms with Crippen molar-refractivity contribution in [2.75, 3.05) is 33.7 Å². The molecule has 1 aliphatic heterocycles. The van der Waals surface area contributed by atoms with Gasteiger partial charge in [0.2, 0.25) is 0 Å². The fraction of sp³-hybridized carbons (Fsp3) is 0.938. The molecular formula is C16H32N4. The van der Waals surface area contributed by atoms with Crippen molar-refractivity contribution in [1.29, 1.82) is 0 Å². The zero-order valence-electron chi connectivity index (χ0n) is 13.5. The van der Waals surface area contributed by atoms with Gasteiger partial charge >= 0.3 is 0 Å². The maximum absolute atomic E-state index is 4.38. The normalized spacial score (nSPS) is 26.9. The molecule has 0 aromatic carbocycles. The Hall–Kier alpha value is -0.770. The van der Waals surface area contributed by atoms with E-state index in [4.69, 9.17) is 0 Å². The van der Waals surface area contributed by atoms with Gasteiger partial charge in [0.05, 0.1) is 0 Å². The summed E-state index contributed by atoms with van der Waals surface area (Å²) < 4.78 is 0. The van der Waals surface area contributed by atoms with Crippen LogP contribution in [0.3, 0.4) is 0 Å². The molecule has 1 aliphatic carbocycles. The van der Waals surface area contributed by atoms with Gasteiger partial charge in [-0.15, -0.1) is 0 Å². The van der Waals surface area contributed by atoms with Crippen LogP contribution in [0.1, 0.15) is 51.9 Å². The quantitative estimate of drug-likeness (QED) is 0.599. The number of nitrogens with zero attached hydrogens (tertiary/aromatic N) is 2. The molecule has 0 amide bonds. The highest BCUT2D eigenvalue weighted by Crippen LogP contribution is 2.40. The van der Waals surface area contributed by atoms with Gasteiger partial charge in [0.15, 0.2) is 5.96 Å². The zero-order chi connectivity index (χ0) is 14.4. The molecule has 116 valence electrons. The average Bonchev–Trinajstić information content (AvgIpc) is 3.09. The summed E-state index contributed by atoms with van der Waals surface area (Å²) in [5, 5.41) is 7.07. The molecule has 1 heterocycles. The number of hydrogen-bond acceptors (Lipinski definition) is 2. The SMILES string of the molecule is CCC1(CNC(=NC)NCC2CCCN2C)CCCC1. The molecule has 20 heavy (non-hydrogen) atoms. The van der Waals surface area contributed by atoms with Gasteiger partial charge in [-0.25, -0.2) is 0 Å². The minimum atomic E-state index is 0.516. The van der Waals surface area contributed by atoms with Crippen molar-refractivity contribution in [2.24, 2.45) is 10.4 Å². The lowest BCUT2D eigenvalue weighted by Crippen LogP contribution is -2.46. The van der Waals surface area contributed by atoms with Gasteiger partial charge in [-0.05, 0) is 51.1 Å². The van der Waals surface area contributed by atoms with E-state index >= 15 is 0 Å². The molecule has 0 radical (unpaired) electrons. The molecule has 0 aromatic heterocycles. The van der Waals surface area contributed by atoms with E-state index in [2.05, 4.69) is 34.5 Å². The number of likely N-dealkylation sites (N-methyl/N-ethyl adjacent to an activating group) is 1. The Morgan fingerprint density at radius 1 is 1.25 bits per heavy atom. The van der Waals surface area contributed by atoms with Crippen LogP contribution in [-0.4, -0.2) is 50.6 Å². The monoisotopic (exact) mass is 280 g/mol. The maximum atomic E-state index is 4.38. The van der Waals surface area contributed by atoms with E-state index in [0.717, 1.165) is 19.0 Å². The second-order valence-electron chi connectivity index (χ2n) is 6.64. The molecule has 1 saturated heterocycles. The average molecular weight is 280 g/mol. The van der Waals surface area contributed by atoms with E-state index in [0.29, 0.717) is 11.5 Å². The Labute approximate surface area is 124 Å². The van der Waals surface area contributed by atoms with Crippen LogP contribution in [0.25, 0.3) is 0 Å². The summed E-state index contributed by atoms with van der Waals surface area (Å²) >= 11 is 0. The first-order valence-corrected chi connectivity index (χ1v) is 8.34. The van der Waals surface area contributed by atoms with Crippen molar-refractivity contribution in [2.45, 2.75) is 57.9 Å². The molecule has 2 fully saturated rings. The predicted octanol–water partition coefficient (Wildman–Crippen LogP) is 2.22. The topological polar surface area (TPSA) is 39.7 Å². The molecule has 0 aromatic rings. The number of aliphatic imine (C=N–C) groups is 1. The minimum absolute atomic E-state index is 0.516. The number of nitrogens with one attached hydrogen (secondary N) is 2. The van der Waals surface area contributed by atoms with Crippen LogP contribution in [0.2, 0.25) is 0 Å². The van der Waals surface area contributed by atoms with Crippen molar-refractivity contribution >= 4 is 5.96 Å². The van der Waals surface area contributed by atoms with Crippen LogP contribution in [0, 0.1) is 5.41 Å². The summed E-state index contributed by atoms with van der Waals surface area (Å²) in [6.45, 7) is 5.65. The lowest BCUT2D eigenvalue weighted by Gasteiger charge is -2.29. The van der Waals surface area contributed by atoms with Gasteiger partial charge in [-0.2, -0.15) is 0 Å². The van der Waals surface area contributed by atoms with Gasteiger partial charge in [0.25, 0.3) is 0 Å². The summed E-state index contributed by atoms with van der Waals surface area (Å²) in [4.78, 5) is 6.83. The van der Waals surface area contributed by atoms with Crippen molar-refractivity contribution in [3.8, 4) is 0 Å². The standard InChI is InChI=1S/C16H32N4/c1-4-16(9-5-6-10-16)13-19-15(17-2)18-12-14-8-7-11-20(14)3/h14H,4-13H2,1-3H3,(H2,17,18,19). The van der Waals surface area contributed by atoms with E-state index < -0.39 is 0 Å². The van der Waals surface area contributed by atoms with Crippen LogP contribution < -0.4 is 10.6 Å². The Kier molecular flexibility index (Phi) is 5.70. The molecule has 2 rings (SSSR count). The molecule has 2 aliphatic rings. The van der Waals surface area contributed by atoms with Crippen molar-refractivity contribution in [1.82, 2.24) is 15.5 Å². The summed E-state index contributed by atoms with van der Waals surface area (Å²) in [6.07, 6.45) is 9.45. The third kappa shape index (κ3) is 3.87. The fourth-order valence-electron chi connectivity index (χ4n) is 3.72. The lowest BCUT2D eigenvalue weighted by molar-refractivity contribution is 0.282. The Bertz CT molecular complexity index is 320. The van der Waals surface area contributed by atoms with Crippen LogP contribution in [0.5, 0.6) is 0 Å². The molecule has 1 unspecified atom stereocenters. The highest BCUT2D eigenvalue weighted by atomic mass is 15.2. The Morgan fingerprint density at radius 2 is 2.00 bits per heavy atom. The third-order valence-electron chi connectivity index (χ3n) is 5.45. The van der Waals surface area contributed by atoms with Crippen molar-refractivity contribution in [3.63, 3.8) is 0 Å². The molecule has 0 spiro atoms. The molecule has 0 bridgehead atoms. The highest BCUT2D eigenvalue weighted by Gasteiger charge is 2.32. The summed E-state index contributed by atoms with van der Waals surface area (Å²) in [5.41, 5.74) is 0.516. The lowest BCUT2D eigenvalue weighted by atomic mass is 9.83. The minimum Gasteiger partial charge on any atom is -0.356 e. The Balaban J connectivity index is 1.75. The molecule has 4 nitrogen and oxygen atoms in total. The van der Waals surface area contributed by atoms with Crippen LogP contribution in [-0.2, 0) is 0 Å². The number of likely N-dealkylation sites (tertiary alicyclic amines) is 1. The molecule has 1 saturated carbocycles. The number of hydrogen-bond donors (Lipinski definition) is 2. The van der Waals surface area contributed by atoms with Gasteiger partial charge in [-0.3, -0.25) is 4.99 Å². The number of guanidine groups is 1. The largest absolute Gasteiger partial charge is 0.356 e. The first-order valence-electron chi connectivity index (χ1n) is 8.34. The summed E-state index contributed by atoms with van der Waals surface area (Å²) in [7, 11) is 4.10. The van der Waals surface area contributed by atoms with E-state index in [-0.39, 0.29) is 0 Å². The zero-order valence-corrected chi connectivity index (χ0v) is 13.5. The van der Waals surface area contributed by atoms with Crippen molar-refractivity contribution in [3.05, 3.63) is 0 Å². The van der Waals surface area contributed by atoms with E-state index in [1.165, 1.54) is 51.5 Å². The van der Waals surface area contributed by atoms with Crippen LogP contribution in [0.15, 0.2) is 4.99 Å². The van der Waals surface area contributed by atoms with Crippen LogP contribution in [0.4, 0.5) is 0 Å². The van der Waals surface area contributed by atoms with E-state index in [1.807, 2.05) is 7.05 Å². The van der Waals surface area contributed by atoms with Crippen LogP contribution >= 0.6 is 0 Å². The highest BCUT2D eigenvalue weighted by molar-refractivity contribution is 5.79. The summed E-state index contributed by atoms with van der Waals surface area (Å²) in [6, 6.07) is 0.667. The van der Waals surface area contributed by atoms with E-state index in [1.54, 1.807) is 0 Å². The summed E-state index contributed by atoms with van der Waals surface area (Å²) in [5.74, 6) is 0.977. The predicted molar refractivity (Wildman–Crippen MR) is 86.2 cm³/mol. The maximum Gasteiger partial charge on any atom is 0.191 e. The third-order valence-corrected chi connectivity index (χ3v) is 5.45. The number of rotatable bonds is 5. The van der Waals surface area contributed by atoms with Gasteiger partial charge in [-0.1, -0.05) is 19.8 Å².